The number of hydrogen-bond acceptors (Lipinski definition) is 5. The summed E-state index contributed by atoms with van der Waals surface area (Å²) in [6.07, 6.45) is 1.71. The van der Waals surface area contributed by atoms with Gasteiger partial charge in [-0.15, -0.1) is 0 Å². The normalized spacial score (nSPS) is 16.9. The number of amides is 1. The second-order valence-electron chi connectivity index (χ2n) is 6.31. The third-order valence-corrected chi connectivity index (χ3v) is 5.49. The number of nitrogens with two attached hydrogens (primary N) is 1. The standard InChI is InChI=1S/C14H23N3O4S/c1-10-12(22(19,20)17-6-4-5-7-17)8-11(21-10)13(18)16-9-14(2,3)15/h8H,4-7,9,15H2,1-3H3,(H,16,18). The molecular formula is C14H23N3O4S. The molecule has 1 aromatic rings. The van der Waals surface area contributed by atoms with Crippen molar-refractivity contribution in [2.24, 2.45) is 5.73 Å². The summed E-state index contributed by atoms with van der Waals surface area (Å²) in [4.78, 5) is 12.1. The van der Waals surface area contributed by atoms with Crippen LogP contribution in [0.3, 0.4) is 0 Å². The van der Waals surface area contributed by atoms with E-state index >= 15 is 0 Å². The lowest BCUT2D eigenvalue weighted by Crippen LogP contribution is -2.45. The van der Waals surface area contributed by atoms with E-state index in [2.05, 4.69) is 5.32 Å². The van der Waals surface area contributed by atoms with E-state index in [9.17, 15) is 13.2 Å². The van der Waals surface area contributed by atoms with Crippen molar-refractivity contribution in [3.05, 3.63) is 17.6 Å². The summed E-state index contributed by atoms with van der Waals surface area (Å²) in [7, 11) is -3.59. The first-order chi connectivity index (χ1) is 10.1. The van der Waals surface area contributed by atoms with E-state index in [0.717, 1.165) is 12.8 Å². The Bertz CT molecular complexity index is 652. The Kier molecular flexibility index (Phi) is 4.65. The van der Waals surface area contributed by atoms with Crippen molar-refractivity contribution >= 4 is 15.9 Å². The Morgan fingerprint density at radius 3 is 2.55 bits per heavy atom. The molecule has 8 heteroatoms. The molecular weight excluding hydrogens is 306 g/mol. The van der Waals surface area contributed by atoms with Gasteiger partial charge in [-0.3, -0.25) is 4.79 Å². The van der Waals surface area contributed by atoms with Crippen LogP contribution in [0.4, 0.5) is 0 Å². The third kappa shape index (κ3) is 3.68. The van der Waals surface area contributed by atoms with Crippen molar-refractivity contribution in [3.63, 3.8) is 0 Å². The fourth-order valence-corrected chi connectivity index (χ4v) is 3.97. The Balaban J connectivity index is 2.19. The van der Waals surface area contributed by atoms with E-state index in [1.165, 1.54) is 10.4 Å². The number of aryl methyl sites for hydroxylation is 1. The summed E-state index contributed by atoms with van der Waals surface area (Å²) in [6.45, 7) is 6.39. The molecule has 124 valence electrons. The summed E-state index contributed by atoms with van der Waals surface area (Å²) in [6, 6.07) is 1.29. The molecule has 0 saturated carbocycles. The van der Waals surface area contributed by atoms with Gasteiger partial charge in [-0.25, -0.2) is 8.42 Å². The van der Waals surface area contributed by atoms with Gasteiger partial charge in [0.25, 0.3) is 5.91 Å². The quantitative estimate of drug-likeness (QED) is 0.832. The second-order valence-corrected chi connectivity index (χ2v) is 8.22. The molecule has 0 unspecified atom stereocenters. The van der Waals surface area contributed by atoms with Crippen LogP contribution in [0.15, 0.2) is 15.4 Å². The molecule has 0 aromatic carbocycles. The van der Waals surface area contributed by atoms with Crippen molar-refractivity contribution in [3.8, 4) is 0 Å². The molecule has 1 saturated heterocycles. The summed E-state index contributed by atoms with van der Waals surface area (Å²) in [5, 5.41) is 2.63. The number of furan rings is 1. The molecule has 3 N–H and O–H groups in total. The lowest BCUT2D eigenvalue weighted by Gasteiger charge is -2.18. The zero-order valence-electron chi connectivity index (χ0n) is 13.2. The highest BCUT2D eigenvalue weighted by atomic mass is 32.2. The first kappa shape index (κ1) is 17.0. The number of nitrogens with one attached hydrogen (secondary N) is 1. The number of hydrogen-bond donors (Lipinski definition) is 2. The Morgan fingerprint density at radius 1 is 1.41 bits per heavy atom. The molecule has 0 bridgehead atoms. The maximum absolute atomic E-state index is 12.5. The molecule has 1 aliphatic rings. The SMILES string of the molecule is Cc1oc(C(=O)NCC(C)(C)N)cc1S(=O)(=O)N1CCCC1. The van der Waals surface area contributed by atoms with Gasteiger partial charge in [-0.05, 0) is 33.6 Å². The summed E-state index contributed by atoms with van der Waals surface area (Å²) < 4.78 is 31.8. The Hall–Kier alpha value is -1.38. The van der Waals surface area contributed by atoms with Gasteiger partial charge >= 0.3 is 0 Å². The highest BCUT2D eigenvalue weighted by molar-refractivity contribution is 7.89. The molecule has 1 fully saturated rings. The molecule has 22 heavy (non-hydrogen) atoms. The first-order valence-electron chi connectivity index (χ1n) is 7.29. The van der Waals surface area contributed by atoms with Crippen LogP contribution in [0.1, 0.15) is 43.0 Å². The van der Waals surface area contributed by atoms with Gasteiger partial charge in [0, 0.05) is 31.2 Å². The molecule has 2 heterocycles. The van der Waals surface area contributed by atoms with Crippen molar-refractivity contribution < 1.29 is 17.6 Å². The maximum atomic E-state index is 12.5. The fraction of sp³-hybridized carbons (Fsp3) is 0.643. The fourth-order valence-electron chi connectivity index (χ4n) is 2.30. The Labute approximate surface area is 130 Å². The average Bonchev–Trinajstić information content (AvgIpc) is 3.04. The van der Waals surface area contributed by atoms with Crippen molar-refractivity contribution in [2.45, 2.75) is 44.0 Å². The second kappa shape index (κ2) is 6.02. The van der Waals surface area contributed by atoms with E-state index in [0.29, 0.717) is 13.1 Å². The lowest BCUT2D eigenvalue weighted by atomic mass is 10.1. The molecule has 2 rings (SSSR count). The first-order valence-corrected chi connectivity index (χ1v) is 8.73. The van der Waals surface area contributed by atoms with Gasteiger partial charge in [-0.1, -0.05) is 0 Å². The average molecular weight is 329 g/mol. The van der Waals surface area contributed by atoms with Gasteiger partial charge in [0.05, 0.1) is 0 Å². The van der Waals surface area contributed by atoms with E-state index in [4.69, 9.17) is 10.2 Å². The van der Waals surface area contributed by atoms with Gasteiger partial charge in [-0.2, -0.15) is 4.31 Å². The van der Waals surface area contributed by atoms with Gasteiger partial charge in [0.15, 0.2) is 5.76 Å². The van der Waals surface area contributed by atoms with Crippen molar-refractivity contribution in [1.29, 1.82) is 0 Å². The van der Waals surface area contributed by atoms with E-state index in [-0.39, 0.29) is 23.0 Å². The zero-order valence-corrected chi connectivity index (χ0v) is 14.0. The lowest BCUT2D eigenvalue weighted by molar-refractivity contribution is 0.0917. The number of carbonyl (C=O) groups is 1. The molecule has 1 aliphatic heterocycles. The van der Waals surface area contributed by atoms with Crippen LogP contribution in [-0.4, -0.2) is 43.8 Å². The minimum atomic E-state index is -3.59. The molecule has 1 amide bonds. The van der Waals surface area contributed by atoms with Crippen LogP contribution >= 0.6 is 0 Å². The number of sulfonamides is 1. The summed E-state index contributed by atoms with van der Waals surface area (Å²) in [5.41, 5.74) is 5.25. The van der Waals surface area contributed by atoms with Crippen LogP contribution in [-0.2, 0) is 10.0 Å². The highest BCUT2D eigenvalue weighted by Crippen LogP contribution is 2.26. The van der Waals surface area contributed by atoms with Gasteiger partial charge in [0.2, 0.25) is 10.0 Å². The van der Waals surface area contributed by atoms with Crippen LogP contribution < -0.4 is 11.1 Å². The minimum Gasteiger partial charge on any atom is -0.455 e. The van der Waals surface area contributed by atoms with Gasteiger partial charge < -0.3 is 15.5 Å². The molecule has 0 aliphatic carbocycles. The molecule has 0 atom stereocenters. The molecule has 0 spiro atoms. The summed E-state index contributed by atoms with van der Waals surface area (Å²) >= 11 is 0. The predicted molar refractivity (Wildman–Crippen MR) is 82.0 cm³/mol. The largest absolute Gasteiger partial charge is 0.455 e. The molecule has 0 radical (unpaired) electrons. The molecule has 7 nitrogen and oxygen atoms in total. The van der Waals surface area contributed by atoms with Gasteiger partial charge in [0.1, 0.15) is 10.7 Å². The monoisotopic (exact) mass is 329 g/mol. The van der Waals surface area contributed by atoms with Crippen LogP contribution in [0.2, 0.25) is 0 Å². The van der Waals surface area contributed by atoms with Crippen LogP contribution in [0.5, 0.6) is 0 Å². The van der Waals surface area contributed by atoms with Crippen molar-refractivity contribution in [1.82, 2.24) is 9.62 Å². The smallest absolute Gasteiger partial charge is 0.287 e. The predicted octanol–water partition coefficient (Wildman–Crippen LogP) is 0.840. The van der Waals surface area contributed by atoms with Crippen LogP contribution in [0, 0.1) is 6.92 Å². The number of carbonyl (C=O) groups excluding carboxylic acids is 1. The van der Waals surface area contributed by atoms with Crippen molar-refractivity contribution in [2.75, 3.05) is 19.6 Å². The van der Waals surface area contributed by atoms with E-state index in [1.54, 1.807) is 20.8 Å². The van der Waals surface area contributed by atoms with E-state index < -0.39 is 21.5 Å². The number of nitrogens with zero attached hydrogens (tertiary/aromatic N) is 1. The zero-order chi connectivity index (χ0) is 16.5. The third-order valence-electron chi connectivity index (χ3n) is 3.48. The topological polar surface area (TPSA) is 106 Å². The van der Waals surface area contributed by atoms with Crippen LogP contribution in [0.25, 0.3) is 0 Å². The maximum Gasteiger partial charge on any atom is 0.287 e. The van der Waals surface area contributed by atoms with E-state index in [1.807, 2.05) is 0 Å². The highest BCUT2D eigenvalue weighted by Gasteiger charge is 2.31. The molecule has 1 aromatic heterocycles. The number of rotatable bonds is 5. The Morgan fingerprint density at radius 2 is 2.00 bits per heavy atom. The summed E-state index contributed by atoms with van der Waals surface area (Å²) in [5.74, 6) is -0.256. The minimum absolute atomic E-state index is 0.0143.